The Morgan fingerprint density at radius 3 is 2.50 bits per heavy atom. The van der Waals surface area contributed by atoms with Crippen molar-refractivity contribution in [3.05, 3.63) is 0 Å². The minimum atomic E-state index is 0.0151. The fourth-order valence-corrected chi connectivity index (χ4v) is 2.88. The highest BCUT2D eigenvalue weighted by Gasteiger charge is 2.36. The molecule has 0 radical (unpaired) electrons. The minimum Gasteiger partial charge on any atom is -0.355 e. The Bertz CT molecular complexity index is 309. The van der Waals surface area contributed by atoms with Gasteiger partial charge < -0.3 is 10.6 Å². The van der Waals surface area contributed by atoms with Crippen molar-refractivity contribution >= 4 is 5.91 Å². The number of carbonyl (C=O) groups is 1. The van der Waals surface area contributed by atoms with Crippen molar-refractivity contribution in [2.75, 3.05) is 45.8 Å². The lowest BCUT2D eigenvalue weighted by Crippen LogP contribution is -2.66. The fraction of sp³-hybridized carbons (Fsp3) is 0.933. The van der Waals surface area contributed by atoms with E-state index in [1.807, 2.05) is 6.92 Å². The molecule has 2 saturated heterocycles. The van der Waals surface area contributed by atoms with Gasteiger partial charge in [0.1, 0.15) is 0 Å². The third-order valence-electron chi connectivity index (χ3n) is 4.51. The van der Waals surface area contributed by atoms with Gasteiger partial charge in [-0.3, -0.25) is 14.6 Å². The van der Waals surface area contributed by atoms with Gasteiger partial charge in [-0.2, -0.15) is 0 Å². The molecule has 5 nitrogen and oxygen atoms in total. The van der Waals surface area contributed by atoms with Crippen LogP contribution in [0.4, 0.5) is 0 Å². The van der Waals surface area contributed by atoms with E-state index in [-0.39, 0.29) is 11.9 Å². The van der Waals surface area contributed by atoms with Crippen molar-refractivity contribution in [2.24, 2.45) is 5.92 Å². The average molecular weight is 282 g/mol. The molecule has 2 aliphatic heterocycles. The fourth-order valence-electron chi connectivity index (χ4n) is 2.88. The topological polar surface area (TPSA) is 47.6 Å². The summed E-state index contributed by atoms with van der Waals surface area (Å²) in [7, 11) is 0. The van der Waals surface area contributed by atoms with Crippen LogP contribution in [0, 0.1) is 5.92 Å². The van der Waals surface area contributed by atoms with Gasteiger partial charge in [0.2, 0.25) is 5.91 Å². The van der Waals surface area contributed by atoms with Crippen molar-refractivity contribution in [2.45, 2.75) is 39.3 Å². The number of hydrogen-bond acceptors (Lipinski definition) is 4. The molecule has 0 aromatic carbocycles. The zero-order valence-electron chi connectivity index (χ0n) is 13.2. The number of carbonyl (C=O) groups excluding carboxylic acids is 1. The van der Waals surface area contributed by atoms with Crippen molar-refractivity contribution in [3.63, 3.8) is 0 Å². The molecule has 116 valence electrons. The molecule has 0 bridgehead atoms. The second-order valence-electron chi connectivity index (χ2n) is 6.54. The van der Waals surface area contributed by atoms with E-state index >= 15 is 0 Å². The lowest BCUT2D eigenvalue weighted by molar-refractivity contribution is -0.129. The Balaban J connectivity index is 1.64. The molecule has 0 saturated carbocycles. The van der Waals surface area contributed by atoms with Crippen LogP contribution in [-0.2, 0) is 4.79 Å². The predicted molar refractivity (Wildman–Crippen MR) is 81.7 cm³/mol. The number of rotatable bonds is 6. The summed E-state index contributed by atoms with van der Waals surface area (Å²) < 4.78 is 0. The summed E-state index contributed by atoms with van der Waals surface area (Å²) in [5, 5.41) is 6.44. The molecular weight excluding hydrogens is 252 g/mol. The van der Waals surface area contributed by atoms with E-state index in [9.17, 15) is 4.79 Å². The van der Waals surface area contributed by atoms with Crippen molar-refractivity contribution < 1.29 is 4.79 Å². The molecule has 1 amide bonds. The minimum absolute atomic E-state index is 0.0151. The average Bonchev–Trinajstić information content (AvgIpc) is 2.37. The molecule has 2 fully saturated rings. The highest BCUT2D eigenvalue weighted by Crippen LogP contribution is 2.18. The van der Waals surface area contributed by atoms with Gasteiger partial charge in [0.05, 0.1) is 6.04 Å². The maximum atomic E-state index is 12.1. The molecule has 2 heterocycles. The predicted octanol–water partition coefficient (Wildman–Crippen LogP) is 0.127. The van der Waals surface area contributed by atoms with Crippen LogP contribution in [0.3, 0.4) is 0 Å². The first-order valence-electron chi connectivity index (χ1n) is 8.04. The van der Waals surface area contributed by atoms with Crippen LogP contribution in [0.15, 0.2) is 0 Å². The molecule has 1 unspecified atom stereocenters. The molecule has 0 aromatic rings. The number of piperazine rings is 1. The molecule has 2 aliphatic rings. The maximum absolute atomic E-state index is 12.1. The molecule has 1 atom stereocenters. The van der Waals surface area contributed by atoms with E-state index in [1.54, 1.807) is 0 Å². The summed E-state index contributed by atoms with van der Waals surface area (Å²) in [6.07, 6.45) is 1.06. The first-order chi connectivity index (χ1) is 9.58. The van der Waals surface area contributed by atoms with Gasteiger partial charge in [0.15, 0.2) is 0 Å². The van der Waals surface area contributed by atoms with Gasteiger partial charge in [-0.25, -0.2) is 0 Å². The zero-order valence-corrected chi connectivity index (χ0v) is 13.2. The Hall–Kier alpha value is -0.650. The number of amides is 1. The van der Waals surface area contributed by atoms with Crippen LogP contribution in [-0.4, -0.2) is 73.6 Å². The summed E-state index contributed by atoms with van der Waals surface area (Å²) >= 11 is 0. The van der Waals surface area contributed by atoms with Crippen LogP contribution in [0.1, 0.15) is 27.2 Å². The standard InChI is InChI=1S/C15H30N4O/c1-12(2)4-5-17-15(20)13(3)19-10-14(11-19)18-8-6-16-7-9-18/h12-14,16H,4-11H2,1-3H3,(H,17,20). The Morgan fingerprint density at radius 1 is 1.25 bits per heavy atom. The van der Waals surface area contributed by atoms with Gasteiger partial charge in [-0.05, 0) is 19.3 Å². The smallest absolute Gasteiger partial charge is 0.237 e. The van der Waals surface area contributed by atoms with E-state index in [1.165, 1.54) is 0 Å². The number of likely N-dealkylation sites (tertiary alicyclic amines) is 1. The van der Waals surface area contributed by atoms with E-state index in [0.29, 0.717) is 12.0 Å². The van der Waals surface area contributed by atoms with Crippen LogP contribution in [0.25, 0.3) is 0 Å². The highest BCUT2D eigenvalue weighted by molar-refractivity contribution is 5.81. The normalized spacial score (nSPS) is 23.6. The Kier molecular flexibility index (Phi) is 5.81. The maximum Gasteiger partial charge on any atom is 0.237 e. The van der Waals surface area contributed by atoms with Gasteiger partial charge >= 0.3 is 0 Å². The first-order valence-corrected chi connectivity index (χ1v) is 8.04. The summed E-state index contributed by atoms with van der Waals surface area (Å²) in [6.45, 7) is 13.8. The van der Waals surface area contributed by atoms with Crippen molar-refractivity contribution in [1.82, 2.24) is 20.4 Å². The third-order valence-corrected chi connectivity index (χ3v) is 4.51. The van der Waals surface area contributed by atoms with E-state index in [0.717, 1.165) is 52.2 Å². The summed E-state index contributed by atoms with van der Waals surface area (Å²) in [4.78, 5) is 16.9. The van der Waals surface area contributed by atoms with E-state index < -0.39 is 0 Å². The summed E-state index contributed by atoms with van der Waals surface area (Å²) in [5.41, 5.74) is 0. The molecule has 2 rings (SSSR count). The molecule has 0 spiro atoms. The third kappa shape index (κ3) is 4.17. The molecule has 2 N–H and O–H groups in total. The number of hydrogen-bond donors (Lipinski definition) is 2. The SMILES string of the molecule is CC(C)CCNC(=O)C(C)N1CC(N2CCNCC2)C1. The van der Waals surface area contributed by atoms with Crippen LogP contribution >= 0.6 is 0 Å². The van der Waals surface area contributed by atoms with Crippen LogP contribution in [0.2, 0.25) is 0 Å². The van der Waals surface area contributed by atoms with Gasteiger partial charge in [-0.1, -0.05) is 13.8 Å². The van der Waals surface area contributed by atoms with E-state index in [4.69, 9.17) is 0 Å². The highest BCUT2D eigenvalue weighted by atomic mass is 16.2. The Labute approximate surface area is 123 Å². The monoisotopic (exact) mass is 282 g/mol. The lowest BCUT2D eigenvalue weighted by Gasteiger charge is -2.48. The molecule has 0 aromatic heterocycles. The second kappa shape index (κ2) is 7.38. The second-order valence-corrected chi connectivity index (χ2v) is 6.54. The number of nitrogens with one attached hydrogen (secondary N) is 2. The quantitative estimate of drug-likeness (QED) is 0.727. The lowest BCUT2D eigenvalue weighted by atomic mass is 10.0. The first kappa shape index (κ1) is 15.7. The molecular formula is C15H30N4O. The van der Waals surface area contributed by atoms with Crippen LogP contribution in [0.5, 0.6) is 0 Å². The van der Waals surface area contributed by atoms with Gasteiger partial charge in [0, 0.05) is 51.9 Å². The van der Waals surface area contributed by atoms with Crippen molar-refractivity contribution in [1.29, 1.82) is 0 Å². The Morgan fingerprint density at radius 2 is 1.90 bits per heavy atom. The number of nitrogens with zero attached hydrogens (tertiary/aromatic N) is 2. The largest absolute Gasteiger partial charge is 0.355 e. The summed E-state index contributed by atoms with van der Waals surface area (Å²) in [5.74, 6) is 0.830. The molecule has 20 heavy (non-hydrogen) atoms. The zero-order chi connectivity index (χ0) is 14.5. The van der Waals surface area contributed by atoms with Crippen LogP contribution < -0.4 is 10.6 Å². The van der Waals surface area contributed by atoms with Gasteiger partial charge in [0.25, 0.3) is 0 Å². The molecule has 5 heteroatoms. The van der Waals surface area contributed by atoms with Gasteiger partial charge in [-0.15, -0.1) is 0 Å². The van der Waals surface area contributed by atoms with E-state index in [2.05, 4.69) is 34.3 Å². The molecule has 0 aliphatic carbocycles. The summed E-state index contributed by atoms with van der Waals surface area (Å²) in [6, 6.07) is 0.671. The van der Waals surface area contributed by atoms with Crippen molar-refractivity contribution in [3.8, 4) is 0 Å².